The molecule has 0 aliphatic carbocycles. The predicted octanol–water partition coefficient (Wildman–Crippen LogP) is 1.80. The molecule has 1 N–H and O–H groups in total. The number of anilines is 1. The molecule has 2 rings (SSSR count). The van der Waals surface area contributed by atoms with E-state index in [1.807, 2.05) is 0 Å². The molecular weight excluding hydrogens is 266 g/mol. The maximum absolute atomic E-state index is 5.30. The quantitative estimate of drug-likeness (QED) is 0.894. The van der Waals surface area contributed by atoms with Crippen LogP contribution in [0.15, 0.2) is 4.52 Å². The van der Waals surface area contributed by atoms with E-state index in [1.165, 1.54) is 26.2 Å². The minimum Gasteiger partial charge on any atom is -0.349 e. The molecule has 1 aromatic rings. The molecule has 1 aromatic heterocycles. The third-order valence-electron chi connectivity index (χ3n) is 3.92. The van der Waals surface area contributed by atoms with Gasteiger partial charge in [0, 0.05) is 44.2 Å². The van der Waals surface area contributed by atoms with Gasteiger partial charge in [0.15, 0.2) is 0 Å². The first-order valence-electron chi connectivity index (χ1n) is 7.86. The van der Waals surface area contributed by atoms with Gasteiger partial charge in [0.05, 0.1) is 0 Å². The second-order valence-corrected chi connectivity index (χ2v) is 7.15. The highest BCUT2D eigenvalue weighted by Crippen LogP contribution is 2.21. The van der Waals surface area contributed by atoms with Gasteiger partial charge in [0.25, 0.3) is 5.95 Å². The minimum atomic E-state index is -0.101. The van der Waals surface area contributed by atoms with Crippen molar-refractivity contribution in [3.8, 4) is 0 Å². The number of nitrogens with one attached hydrogen (secondary N) is 1. The lowest BCUT2D eigenvalue weighted by Crippen LogP contribution is -2.45. The van der Waals surface area contributed by atoms with Gasteiger partial charge in [0.2, 0.25) is 5.89 Å². The lowest BCUT2D eigenvalue weighted by molar-refractivity contribution is 0.151. The second-order valence-electron chi connectivity index (χ2n) is 7.15. The van der Waals surface area contributed by atoms with Gasteiger partial charge in [-0.05, 0) is 25.5 Å². The molecule has 1 unspecified atom stereocenters. The van der Waals surface area contributed by atoms with E-state index in [4.69, 9.17) is 4.52 Å². The van der Waals surface area contributed by atoms with Gasteiger partial charge in [-0.3, -0.25) is 0 Å². The van der Waals surface area contributed by atoms with Crippen LogP contribution in [-0.2, 0) is 5.41 Å². The number of aromatic nitrogens is 2. The monoisotopic (exact) mass is 295 g/mol. The van der Waals surface area contributed by atoms with Crippen LogP contribution in [0.4, 0.5) is 5.95 Å². The fraction of sp³-hybridized carbons (Fsp3) is 0.867. The summed E-state index contributed by atoms with van der Waals surface area (Å²) in [6, 6.07) is 0.343. The van der Waals surface area contributed by atoms with Crippen LogP contribution in [-0.4, -0.2) is 65.8 Å². The Kier molecular flexibility index (Phi) is 5.22. The highest BCUT2D eigenvalue weighted by molar-refractivity contribution is 5.24. The van der Waals surface area contributed by atoms with Gasteiger partial charge in [-0.2, -0.15) is 4.98 Å². The van der Waals surface area contributed by atoms with Crippen molar-refractivity contribution in [2.75, 3.05) is 45.1 Å². The topological polar surface area (TPSA) is 57.4 Å². The SMILES string of the molecule is CC(CCN1CCN(C)CC1)Nc1noc(C(C)(C)C)n1. The zero-order chi connectivity index (χ0) is 15.5. The van der Waals surface area contributed by atoms with Crippen molar-refractivity contribution in [1.82, 2.24) is 19.9 Å². The van der Waals surface area contributed by atoms with E-state index < -0.39 is 0 Å². The minimum absolute atomic E-state index is 0.101. The van der Waals surface area contributed by atoms with Crippen LogP contribution in [0.3, 0.4) is 0 Å². The van der Waals surface area contributed by atoms with Crippen molar-refractivity contribution in [2.24, 2.45) is 0 Å². The molecule has 6 nitrogen and oxygen atoms in total. The van der Waals surface area contributed by atoms with Crippen molar-refractivity contribution in [3.63, 3.8) is 0 Å². The normalized spacial score (nSPS) is 19.7. The summed E-state index contributed by atoms with van der Waals surface area (Å²) in [5.41, 5.74) is -0.101. The summed E-state index contributed by atoms with van der Waals surface area (Å²) in [5.74, 6) is 1.28. The molecule has 120 valence electrons. The van der Waals surface area contributed by atoms with Crippen LogP contribution < -0.4 is 5.32 Å². The average molecular weight is 295 g/mol. The molecule has 21 heavy (non-hydrogen) atoms. The number of likely N-dealkylation sites (N-methyl/N-ethyl adjacent to an activating group) is 1. The van der Waals surface area contributed by atoms with Crippen LogP contribution in [0.1, 0.15) is 40.0 Å². The summed E-state index contributed by atoms with van der Waals surface area (Å²) in [7, 11) is 2.19. The number of hydrogen-bond donors (Lipinski definition) is 1. The van der Waals surface area contributed by atoms with Crippen LogP contribution in [0.5, 0.6) is 0 Å². The first kappa shape index (κ1) is 16.2. The third kappa shape index (κ3) is 4.97. The standard InChI is InChI=1S/C15H29N5O/c1-12(6-7-20-10-8-19(5)9-11-20)16-14-17-13(21-18-14)15(2,3)4/h12H,6-11H2,1-5H3,(H,16,18). The number of rotatable bonds is 5. The van der Waals surface area contributed by atoms with Crippen LogP contribution in [0.25, 0.3) is 0 Å². The van der Waals surface area contributed by atoms with E-state index >= 15 is 0 Å². The molecule has 1 fully saturated rings. The van der Waals surface area contributed by atoms with Gasteiger partial charge in [-0.1, -0.05) is 20.8 Å². The predicted molar refractivity (Wildman–Crippen MR) is 84.6 cm³/mol. The van der Waals surface area contributed by atoms with Crippen molar-refractivity contribution in [1.29, 1.82) is 0 Å². The summed E-state index contributed by atoms with van der Waals surface area (Å²) in [4.78, 5) is 9.32. The molecule has 2 heterocycles. The van der Waals surface area contributed by atoms with E-state index in [0.717, 1.165) is 13.0 Å². The highest BCUT2D eigenvalue weighted by Gasteiger charge is 2.22. The Morgan fingerprint density at radius 1 is 1.24 bits per heavy atom. The van der Waals surface area contributed by atoms with Crippen molar-refractivity contribution < 1.29 is 4.52 Å². The molecule has 1 atom stereocenters. The fourth-order valence-electron chi connectivity index (χ4n) is 2.33. The number of hydrogen-bond acceptors (Lipinski definition) is 6. The Bertz CT molecular complexity index is 432. The molecule has 0 saturated carbocycles. The summed E-state index contributed by atoms with van der Waals surface area (Å²) in [6.07, 6.45) is 1.09. The van der Waals surface area contributed by atoms with Gasteiger partial charge in [-0.25, -0.2) is 0 Å². The van der Waals surface area contributed by atoms with Crippen molar-refractivity contribution >= 4 is 5.95 Å². The Hall–Kier alpha value is -1.14. The molecule has 0 spiro atoms. The summed E-state index contributed by atoms with van der Waals surface area (Å²) < 4.78 is 5.30. The largest absolute Gasteiger partial charge is 0.349 e. The maximum atomic E-state index is 5.30. The van der Waals surface area contributed by atoms with Crippen molar-refractivity contribution in [3.05, 3.63) is 5.89 Å². The van der Waals surface area contributed by atoms with Gasteiger partial charge in [-0.15, -0.1) is 0 Å². The van der Waals surface area contributed by atoms with Crippen LogP contribution in [0, 0.1) is 0 Å². The first-order chi connectivity index (χ1) is 9.84. The molecule has 0 amide bonds. The Morgan fingerprint density at radius 2 is 1.90 bits per heavy atom. The molecular formula is C15H29N5O. The van der Waals surface area contributed by atoms with Gasteiger partial charge < -0.3 is 19.6 Å². The van der Waals surface area contributed by atoms with E-state index in [0.29, 0.717) is 17.9 Å². The summed E-state index contributed by atoms with van der Waals surface area (Å²) in [5, 5.41) is 7.34. The molecule has 0 bridgehead atoms. The molecule has 1 aliphatic heterocycles. The molecule has 0 aromatic carbocycles. The highest BCUT2D eigenvalue weighted by atomic mass is 16.5. The lowest BCUT2D eigenvalue weighted by Gasteiger charge is -2.32. The zero-order valence-corrected chi connectivity index (χ0v) is 14.0. The van der Waals surface area contributed by atoms with E-state index in [2.05, 4.69) is 60.0 Å². The van der Waals surface area contributed by atoms with Crippen LogP contribution in [0.2, 0.25) is 0 Å². The molecule has 1 saturated heterocycles. The smallest absolute Gasteiger partial charge is 0.263 e. The van der Waals surface area contributed by atoms with E-state index in [1.54, 1.807) is 0 Å². The Balaban J connectivity index is 1.74. The maximum Gasteiger partial charge on any atom is 0.263 e. The molecule has 1 aliphatic rings. The fourth-order valence-corrected chi connectivity index (χ4v) is 2.33. The Morgan fingerprint density at radius 3 is 2.48 bits per heavy atom. The Labute approximate surface area is 127 Å². The molecule has 6 heteroatoms. The third-order valence-corrected chi connectivity index (χ3v) is 3.92. The summed E-state index contributed by atoms with van der Waals surface area (Å²) in [6.45, 7) is 14.2. The first-order valence-corrected chi connectivity index (χ1v) is 7.86. The second kappa shape index (κ2) is 6.75. The number of nitrogens with zero attached hydrogens (tertiary/aromatic N) is 4. The van der Waals surface area contributed by atoms with E-state index in [9.17, 15) is 0 Å². The number of piperazine rings is 1. The average Bonchev–Trinajstić information content (AvgIpc) is 2.86. The van der Waals surface area contributed by atoms with E-state index in [-0.39, 0.29) is 5.41 Å². The lowest BCUT2D eigenvalue weighted by atomic mass is 9.97. The summed E-state index contributed by atoms with van der Waals surface area (Å²) >= 11 is 0. The van der Waals surface area contributed by atoms with Crippen molar-refractivity contribution in [2.45, 2.75) is 45.6 Å². The van der Waals surface area contributed by atoms with Crippen LogP contribution >= 0.6 is 0 Å². The van der Waals surface area contributed by atoms with Gasteiger partial charge in [0.1, 0.15) is 0 Å². The zero-order valence-electron chi connectivity index (χ0n) is 14.0. The van der Waals surface area contributed by atoms with Gasteiger partial charge >= 0.3 is 0 Å². The molecule has 0 radical (unpaired) electrons.